The van der Waals surface area contributed by atoms with Crippen molar-refractivity contribution in [2.24, 2.45) is 0 Å². The minimum Gasteiger partial charge on any atom is -0.455 e. The van der Waals surface area contributed by atoms with Gasteiger partial charge in [0.1, 0.15) is 12.4 Å². The largest absolute Gasteiger partial charge is 0.455 e. The molecule has 150 valence electrons. The number of halogens is 1. The lowest BCUT2D eigenvalue weighted by atomic mass is 10.1. The van der Waals surface area contributed by atoms with Crippen molar-refractivity contribution in [2.75, 3.05) is 18.5 Å². The van der Waals surface area contributed by atoms with Crippen LogP contribution < -0.4 is 10.0 Å². The van der Waals surface area contributed by atoms with Crippen LogP contribution in [0.25, 0.3) is 10.8 Å². The van der Waals surface area contributed by atoms with Crippen LogP contribution in [0.2, 0.25) is 0 Å². The monoisotopic (exact) mass is 416 g/mol. The number of sulfonamides is 1. The van der Waals surface area contributed by atoms with E-state index >= 15 is 0 Å². The van der Waals surface area contributed by atoms with Gasteiger partial charge in [0.15, 0.2) is 6.61 Å². The van der Waals surface area contributed by atoms with E-state index in [9.17, 15) is 22.4 Å². The zero-order valence-corrected chi connectivity index (χ0v) is 15.9. The minimum atomic E-state index is -3.94. The van der Waals surface area contributed by atoms with Crippen LogP contribution in [-0.4, -0.2) is 33.4 Å². The van der Waals surface area contributed by atoms with Crippen molar-refractivity contribution in [3.8, 4) is 0 Å². The van der Waals surface area contributed by atoms with Gasteiger partial charge in [0, 0.05) is 0 Å². The lowest BCUT2D eigenvalue weighted by molar-refractivity contribution is -0.146. The Balaban J connectivity index is 1.52. The average molecular weight is 416 g/mol. The normalized spacial score (nSPS) is 11.2. The highest BCUT2D eigenvalue weighted by Crippen LogP contribution is 2.18. The van der Waals surface area contributed by atoms with Crippen LogP contribution >= 0.6 is 0 Å². The third-order valence-corrected chi connectivity index (χ3v) is 5.35. The smallest absolute Gasteiger partial charge is 0.321 e. The van der Waals surface area contributed by atoms with Crippen LogP contribution in [0, 0.1) is 5.82 Å². The number of amides is 1. The summed E-state index contributed by atoms with van der Waals surface area (Å²) in [6.07, 6.45) is 0. The van der Waals surface area contributed by atoms with Gasteiger partial charge in [0.2, 0.25) is 10.0 Å². The predicted octanol–water partition coefficient (Wildman–Crippen LogP) is 2.44. The molecular weight excluding hydrogens is 399 g/mol. The molecule has 7 nitrogen and oxygen atoms in total. The molecule has 0 aromatic heterocycles. The van der Waals surface area contributed by atoms with Crippen LogP contribution in [0.1, 0.15) is 0 Å². The van der Waals surface area contributed by atoms with Crippen molar-refractivity contribution in [3.05, 3.63) is 72.5 Å². The molecule has 0 bridgehead atoms. The lowest BCUT2D eigenvalue weighted by Gasteiger charge is -2.09. The van der Waals surface area contributed by atoms with Gasteiger partial charge in [0.05, 0.1) is 10.6 Å². The first-order chi connectivity index (χ1) is 13.8. The predicted molar refractivity (Wildman–Crippen MR) is 105 cm³/mol. The van der Waals surface area contributed by atoms with Crippen LogP contribution in [0.4, 0.5) is 10.1 Å². The summed E-state index contributed by atoms with van der Waals surface area (Å²) >= 11 is 0. The van der Waals surface area contributed by atoms with Crippen LogP contribution in [0.5, 0.6) is 0 Å². The summed E-state index contributed by atoms with van der Waals surface area (Å²) in [7, 11) is -3.94. The van der Waals surface area contributed by atoms with E-state index in [0.717, 1.165) is 10.8 Å². The van der Waals surface area contributed by atoms with E-state index < -0.39 is 40.9 Å². The summed E-state index contributed by atoms with van der Waals surface area (Å²) in [5, 5.41) is 3.87. The van der Waals surface area contributed by atoms with Crippen LogP contribution in [0.15, 0.2) is 71.6 Å². The summed E-state index contributed by atoms with van der Waals surface area (Å²) in [5.41, 5.74) is -0.0504. The van der Waals surface area contributed by atoms with E-state index in [1.54, 1.807) is 18.2 Å². The number of benzene rings is 3. The van der Waals surface area contributed by atoms with Crippen molar-refractivity contribution >= 4 is 38.4 Å². The van der Waals surface area contributed by atoms with Gasteiger partial charge in [-0.1, -0.05) is 42.5 Å². The van der Waals surface area contributed by atoms with Crippen molar-refractivity contribution < 1.29 is 27.1 Å². The van der Waals surface area contributed by atoms with E-state index in [1.165, 1.54) is 36.4 Å². The lowest BCUT2D eigenvalue weighted by Crippen LogP contribution is -2.32. The van der Waals surface area contributed by atoms with Crippen LogP contribution in [-0.2, 0) is 24.3 Å². The molecule has 0 aliphatic heterocycles. The number of rotatable bonds is 7. The van der Waals surface area contributed by atoms with Gasteiger partial charge in [0.25, 0.3) is 5.91 Å². The first-order valence-corrected chi connectivity index (χ1v) is 10.0. The Kier molecular flexibility index (Phi) is 6.20. The molecular formula is C20H17FN2O5S. The van der Waals surface area contributed by atoms with Gasteiger partial charge < -0.3 is 10.1 Å². The number of anilines is 1. The number of hydrogen-bond donors (Lipinski definition) is 2. The third-order valence-electron chi connectivity index (χ3n) is 3.95. The van der Waals surface area contributed by atoms with Crippen LogP contribution in [0.3, 0.4) is 0 Å². The zero-order valence-electron chi connectivity index (χ0n) is 15.1. The Morgan fingerprint density at radius 2 is 1.62 bits per heavy atom. The summed E-state index contributed by atoms with van der Waals surface area (Å²) < 4.78 is 45.0. The number of fused-ring (bicyclic) bond motifs is 1. The van der Waals surface area contributed by atoms with Gasteiger partial charge in [-0.25, -0.2) is 12.8 Å². The van der Waals surface area contributed by atoms with Gasteiger partial charge in [-0.15, -0.1) is 0 Å². The number of carbonyl (C=O) groups is 2. The molecule has 0 heterocycles. The molecule has 3 aromatic rings. The molecule has 0 atom stereocenters. The average Bonchev–Trinajstić information content (AvgIpc) is 2.72. The molecule has 3 rings (SSSR count). The molecule has 0 spiro atoms. The molecule has 29 heavy (non-hydrogen) atoms. The molecule has 0 aliphatic rings. The molecule has 3 aromatic carbocycles. The fraction of sp³-hybridized carbons (Fsp3) is 0.100. The minimum absolute atomic E-state index is 0.00120. The molecule has 0 saturated heterocycles. The second-order valence-electron chi connectivity index (χ2n) is 6.02. The molecule has 9 heteroatoms. The maximum Gasteiger partial charge on any atom is 0.321 e. The summed E-state index contributed by atoms with van der Waals surface area (Å²) in [6, 6.07) is 17.4. The molecule has 0 saturated carbocycles. The summed E-state index contributed by atoms with van der Waals surface area (Å²) in [5.74, 6) is -2.32. The standard InChI is InChI=1S/C20H17FN2O5S/c21-17-7-3-4-8-18(17)23-19(24)13-28-20(25)12-22-29(26,27)16-10-9-14-5-1-2-6-15(14)11-16/h1-11,22H,12-13H2,(H,23,24). The maximum atomic E-state index is 13.5. The first kappa shape index (κ1) is 20.4. The van der Waals surface area contributed by atoms with Crippen molar-refractivity contribution in [3.63, 3.8) is 0 Å². The maximum absolute atomic E-state index is 13.5. The number of para-hydroxylation sites is 1. The van der Waals surface area contributed by atoms with Crippen molar-refractivity contribution in [1.82, 2.24) is 4.72 Å². The Hall–Kier alpha value is -3.30. The van der Waals surface area contributed by atoms with Gasteiger partial charge >= 0.3 is 5.97 Å². The van der Waals surface area contributed by atoms with Gasteiger partial charge in [-0.05, 0) is 35.0 Å². The Labute approximate surface area is 166 Å². The molecule has 0 aliphatic carbocycles. The first-order valence-electron chi connectivity index (χ1n) is 8.54. The Bertz CT molecular complexity index is 1160. The topological polar surface area (TPSA) is 102 Å². The second kappa shape index (κ2) is 8.80. The Morgan fingerprint density at radius 3 is 2.38 bits per heavy atom. The highest BCUT2D eigenvalue weighted by atomic mass is 32.2. The van der Waals surface area contributed by atoms with E-state index in [0.29, 0.717) is 0 Å². The van der Waals surface area contributed by atoms with E-state index in [4.69, 9.17) is 4.74 Å². The highest BCUT2D eigenvalue weighted by Gasteiger charge is 2.17. The zero-order chi connectivity index (χ0) is 20.9. The number of nitrogens with one attached hydrogen (secondary N) is 2. The number of hydrogen-bond acceptors (Lipinski definition) is 5. The number of carbonyl (C=O) groups excluding carboxylic acids is 2. The molecule has 0 unspecified atom stereocenters. The van der Waals surface area contributed by atoms with E-state index in [1.807, 2.05) is 12.1 Å². The number of ether oxygens (including phenoxy) is 1. The quantitative estimate of drug-likeness (QED) is 0.576. The van der Waals surface area contributed by atoms with Crippen molar-refractivity contribution in [2.45, 2.75) is 4.90 Å². The van der Waals surface area contributed by atoms with Gasteiger partial charge in [-0.3, -0.25) is 9.59 Å². The fourth-order valence-corrected chi connectivity index (χ4v) is 3.52. The summed E-state index contributed by atoms with van der Waals surface area (Å²) in [4.78, 5) is 23.5. The molecule has 1 amide bonds. The molecule has 0 radical (unpaired) electrons. The SMILES string of the molecule is O=C(COC(=O)CNS(=O)(=O)c1ccc2ccccc2c1)Nc1ccccc1F. The number of esters is 1. The van der Waals surface area contributed by atoms with Gasteiger partial charge in [-0.2, -0.15) is 4.72 Å². The van der Waals surface area contributed by atoms with E-state index in [2.05, 4.69) is 10.0 Å². The second-order valence-corrected chi connectivity index (χ2v) is 7.79. The third kappa shape index (κ3) is 5.37. The Morgan fingerprint density at radius 1 is 0.931 bits per heavy atom. The molecule has 2 N–H and O–H groups in total. The fourth-order valence-electron chi connectivity index (χ4n) is 2.52. The van der Waals surface area contributed by atoms with Crippen molar-refractivity contribution in [1.29, 1.82) is 0 Å². The van der Waals surface area contributed by atoms with E-state index in [-0.39, 0.29) is 10.6 Å². The highest BCUT2D eigenvalue weighted by molar-refractivity contribution is 7.89. The molecule has 0 fully saturated rings. The summed E-state index contributed by atoms with van der Waals surface area (Å²) in [6.45, 7) is -1.33.